The number of aryl methyl sites for hydroxylation is 1. The van der Waals surface area contributed by atoms with E-state index in [4.69, 9.17) is 19.9 Å². The second-order valence-corrected chi connectivity index (χ2v) is 7.23. The minimum Gasteiger partial charge on any atom is -0.468 e. The molecule has 8 nitrogen and oxygen atoms in total. The number of ether oxygens (including phenoxy) is 3. The third kappa shape index (κ3) is 4.80. The molecule has 0 aromatic carbocycles. The molecule has 150 valence electrons. The lowest BCUT2D eigenvalue weighted by Gasteiger charge is -2.21. The van der Waals surface area contributed by atoms with Crippen molar-refractivity contribution in [1.82, 2.24) is 19.5 Å². The number of nitrogens with two attached hydrogens (primary N) is 1. The van der Waals surface area contributed by atoms with E-state index in [0.29, 0.717) is 29.0 Å². The van der Waals surface area contributed by atoms with Crippen LogP contribution in [0.2, 0.25) is 0 Å². The number of nitrogen functional groups attached to an aromatic ring is 1. The van der Waals surface area contributed by atoms with Gasteiger partial charge >= 0.3 is 6.01 Å². The summed E-state index contributed by atoms with van der Waals surface area (Å²) in [6.07, 6.45) is 6.49. The van der Waals surface area contributed by atoms with Crippen LogP contribution in [0.15, 0.2) is 0 Å². The zero-order valence-electron chi connectivity index (χ0n) is 16.6. The van der Waals surface area contributed by atoms with Crippen molar-refractivity contribution in [3.05, 3.63) is 0 Å². The van der Waals surface area contributed by atoms with E-state index in [9.17, 15) is 0 Å². The standard InChI is InChI=1S/C19H31N5O3/c1-4-6-13(2)27-18-22-16(20)15-17(23-18)24(19(21-15)25-3)10-5-7-14-8-11-26-12-9-14/h13-14H,4-12H2,1-3H3,(H2,20,22,23)/t13-/m1/s1. The van der Waals surface area contributed by atoms with Crippen molar-refractivity contribution in [2.24, 2.45) is 5.92 Å². The summed E-state index contributed by atoms with van der Waals surface area (Å²) in [6.45, 7) is 6.66. The highest BCUT2D eigenvalue weighted by Gasteiger charge is 2.19. The van der Waals surface area contributed by atoms with Crippen molar-refractivity contribution in [1.29, 1.82) is 0 Å². The third-order valence-electron chi connectivity index (χ3n) is 5.09. The van der Waals surface area contributed by atoms with E-state index < -0.39 is 0 Å². The van der Waals surface area contributed by atoms with Crippen molar-refractivity contribution in [3.8, 4) is 12.0 Å². The van der Waals surface area contributed by atoms with Crippen LogP contribution in [-0.4, -0.2) is 45.9 Å². The van der Waals surface area contributed by atoms with E-state index >= 15 is 0 Å². The van der Waals surface area contributed by atoms with Gasteiger partial charge in [0, 0.05) is 19.8 Å². The highest BCUT2D eigenvalue weighted by Crippen LogP contribution is 2.27. The van der Waals surface area contributed by atoms with Crippen molar-refractivity contribution >= 4 is 17.0 Å². The van der Waals surface area contributed by atoms with Gasteiger partial charge in [-0.05, 0) is 44.9 Å². The Balaban J connectivity index is 1.78. The molecule has 0 unspecified atom stereocenters. The Bertz CT molecular complexity index is 743. The molecule has 8 heteroatoms. The normalized spacial score (nSPS) is 16.6. The number of anilines is 1. The van der Waals surface area contributed by atoms with Crippen LogP contribution in [0.4, 0.5) is 5.82 Å². The lowest BCUT2D eigenvalue weighted by Crippen LogP contribution is -2.16. The van der Waals surface area contributed by atoms with Gasteiger partial charge in [-0.15, -0.1) is 0 Å². The monoisotopic (exact) mass is 377 g/mol. The average Bonchev–Trinajstić information content (AvgIpc) is 3.01. The molecule has 0 aliphatic carbocycles. The minimum absolute atomic E-state index is 0.0404. The van der Waals surface area contributed by atoms with Crippen LogP contribution in [0, 0.1) is 5.92 Å². The van der Waals surface area contributed by atoms with Crippen LogP contribution < -0.4 is 15.2 Å². The smallest absolute Gasteiger partial charge is 0.320 e. The number of hydrogen-bond donors (Lipinski definition) is 1. The largest absolute Gasteiger partial charge is 0.468 e. The maximum Gasteiger partial charge on any atom is 0.320 e. The molecule has 1 aliphatic rings. The van der Waals surface area contributed by atoms with Gasteiger partial charge in [0.25, 0.3) is 6.01 Å². The third-order valence-corrected chi connectivity index (χ3v) is 5.09. The number of nitrogens with zero attached hydrogens (tertiary/aromatic N) is 4. The first-order valence-electron chi connectivity index (χ1n) is 9.94. The molecular weight excluding hydrogens is 346 g/mol. The van der Waals surface area contributed by atoms with Crippen molar-refractivity contribution in [2.45, 2.75) is 65.0 Å². The van der Waals surface area contributed by atoms with Crippen molar-refractivity contribution in [3.63, 3.8) is 0 Å². The predicted octanol–water partition coefficient (Wildman–Crippen LogP) is 3.19. The summed E-state index contributed by atoms with van der Waals surface area (Å²) in [5.41, 5.74) is 7.35. The number of fused-ring (bicyclic) bond motifs is 1. The molecule has 27 heavy (non-hydrogen) atoms. The van der Waals surface area contributed by atoms with Crippen molar-refractivity contribution < 1.29 is 14.2 Å². The molecule has 1 saturated heterocycles. The number of rotatable bonds is 9. The van der Waals surface area contributed by atoms with E-state index in [1.54, 1.807) is 7.11 Å². The van der Waals surface area contributed by atoms with E-state index in [1.807, 2.05) is 11.5 Å². The van der Waals surface area contributed by atoms with Gasteiger partial charge in [0.2, 0.25) is 0 Å². The zero-order chi connectivity index (χ0) is 19.2. The molecule has 2 N–H and O–H groups in total. The average molecular weight is 377 g/mol. The number of imidazole rings is 1. The Labute approximate surface area is 160 Å². The molecule has 0 saturated carbocycles. The van der Waals surface area contributed by atoms with Gasteiger partial charge in [-0.2, -0.15) is 15.0 Å². The van der Waals surface area contributed by atoms with Crippen LogP contribution in [0.3, 0.4) is 0 Å². The van der Waals surface area contributed by atoms with Gasteiger partial charge < -0.3 is 19.9 Å². The quantitative estimate of drug-likeness (QED) is 0.716. The molecule has 1 aliphatic heterocycles. The summed E-state index contributed by atoms with van der Waals surface area (Å²) < 4.78 is 18.7. The predicted molar refractivity (Wildman–Crippen MR) is 104 cm³/mol. The fourth-order valence-corrected chi connectivity index (χ4v) is 3.61. The van der Waals surface area contributed by atoms with Crippen molar-refractivity contribution in [2.75, 3.05) is 26.1 Å². The Morgan fingerprint density at radius 1 is 1.26 bits per heavy atom. The lowest BCUT2D eigenvalue weighted by molar-refractivity contribution is 0.0629. The fourth-order valence-electron chi connectivity index (χ4n) is 3.61. The molecule has 1 atom stereocenters. The van der Waals surface area contributed by atoms with Crippen LogP contribution in [0.25, 0.3) is 11.2 Å². The number of methoxy groups -OCH3 is 1. The van der Waals surface area contributed by atoms with Gasteiger partial charge in [-0.1, -0.05) is 13.3 Å². The van der Waals surface area contributed by atoms with Gasteiger partial charge in [0.05, 0.1) is 13.2 Å². The highest BCUT2D eigenvalue weighted by atomic mass is 16.5. The van der Waals surface area contributed by atoms with Gasteiger partial charge in [-0.3, -0.25) is 4.57 Å². The summed E-state index contributed by atoms with van der Waals surface area (Å²) in [4.78, 5) is 13.3. The van der Waals surface area contributed by atoms with Crippen LogP contribution in [-0.2, 0) is 11.3 Å². The van der Waals surface area contributed by atoms with Gasteiger partial charge in [0.1, 0.15) is 0 Å². The van der Waals surface area contributed by atoms with E-state index in [1.165, 1.54) is 0 Å². The zero-order valence-corrected chi connectivity index (χ0v) is 16.6. The first kappa shape index (κ1) is 19.7. The molecule has 0 bridgehead atoms. The van der Waals surface area contributed by atoms with Crippen LogP contribution in [0.1, 0.15) is 52.4 Å². The Morgan fingerprint density at radius 2 is 2.04 bits per heavy atom. The molecule has 2 aromatic rings. The molecule has 3 heterocycles. The molecular formula is C19H31N5O3. The number of aromatic nitrogens is 4. The summed E-state index contributed by atoms with van der Waals surface area (Å²) in [7, 11) is 1.61. The second-order valence-electron chi connectivity index (χ2n) is 7.23. The Kier molecular flexibility index (Phi) is 6.71. The lowest BCUT2D eigenvalue weighted by atomic mass is 9.95. The van der Waals surface area contributed by atoms with E-state index in [2.05, 4.69) is 21.9 Å². The van der Waals surface area contributed by atoms with Gasteiger partial charge in [-0.25, -0.2) is 0 Å². The highest BCUT2D eigenvalue weighted by molar-refractivity contribution is 5.83. The SMILES string of the molecule is CCC[C@@H](C)Oc1nc(N)c2nc(OC)n(CCCC3CCOCC3)c2n1. The molecule has 1 fully saturated rings. The molecule has 0 amide bonds. The number of hydrogen-bond acceptors (Lipinski definition) is 7. The Hall–Kier alpha value is -2.09. The summed E-state index contributed by atoms with van der Waals surface area (Å²) in [5.74, 6) is 1.05. The van der Waals surface area contributed by atoms with E-state index in [-0.39, 0.29) is 6.10 Å². The summed E-state index contributed by atoms with van der Waals surface area (Å²) in [5, 5.41) is 0. The maximum absolute atomic E-state index is 6.11. The first-order valence-corrected chi connectivity index (χ1v) is 9.94. The summed E-state index contributed by atoms with van der Waals surface area (Å²) in [6, 6.07) is 0.811. The fraction of sp³-hybridized carbons (Fsp3) is 0.737. The van der Waals surface area contributed by atoms with Crippen LogP contribution in [0.5, 0.6) is 12.0 Å². The molecule has 0 radical (unpaired) electrons. The topological polar surface area (TPSA) is 97.3 Å². The second kappa shape index (κ2) is 9.21. The van der Waals surface area contributed by atoms with Crippen LogP contribution >= 0.6 is 0 Å². The maximum atomic E-state index is 6.11. The molecule has 0 spiro atoms. The molecule has 3 rings (SSSR count). The van der Waals surface area contributed by atoms with Gasteiger partial charge in [0.15, 0.2) is 17.0 Å². The summed E-state index contributed by atoms with van der Waals surface area (Å²) >= 11 is 0. The Morgan fingerprint density at radius 3 is 2.74 bits per heavy atom. The molecule has 2 aromatic heterocycles. The van der Waals surface area contributed by atoms with E-state index in [0.717, 1.165) is 64.2 Å². The minimum atomic E-state index is 0.0404. The first-order chi connectivity index (χ1) is 13.1.